The van der Waals surface area contributed by atoms with Crippen LogP contribution in [0.1, 0.15) is 11.1 Å². The molecule has 0 radical (unpaired) electrons. The molecule has 8 heteroatoms. The van der Waals surface area contributed by atoms with Crippen molar-refractivity contribution in [2.45, 2.75) is 13.5 Å². The predicted octanol–water partition coefficient (Wildman–Crippen LogP) is 3.13. The standard InChI is InChI=1S/C18H13ClFN5O/c1-11-5-6-14(8-15(11)19)25-17-16(22-23-25)18(26)24(10-21-17)9-12-3-2-4-13(20)7-12/h2-8,10H,9H2,1H3. The van der Waals surface area contributed by atoms with Crippen LogP contribution in [0.3, 0.4) is 0 Å². The van der Waals surface area contributed by atoms with Gasteiger partial charge < -0.3 is 0 Å². The monoisotopic (exact) mass is 369 g/mol. The summed E-state index contributed by atoms with van der Waals surface area (Å²) in [5.74, 6) is -0.355. The van der Waals surface area contributed by atoms with Crippen molar-refractivity contribution in [3.63, 3.8) is 0 Å². The molecular weight excluding hydrogens is 357 g/mol. The van der Waals surface area contributed by atoms with Crippen molar-refractivity contribution < 1.29 is 4.39 Å². The van der Waals surface area contributed by atoms with E-state index in [1.807, 2.05) is 19.1 Å². The second kappa shape index (κ2) is 6.34. The number of benzene rings is 2. The second-order valence-corrected chi connectivity index (χ2v) is 6.32. The zero-order valence-electron chi connectivity index (χ0n) is 13.7. The molecule has 0 unspecified atom stereocenters. The molecule has 2 heterocycles. The van der Waals surface area contributed by atoms with Crippen LogP contribution < -0.4 is 5.56 Å². The van der Waals surface area contributed by atoms with E-state index in [9.17, 15) is 9.18 Å². The van der Waals surface area contributed by atoms with Crippen molar-refractivity contribution in [1.82, 2.24) is 24.5 Å². The van der Waals surface area contributed by atoms with E-state index in [1.54, 1.807) is 18.2 Å². The summed E-state index contributed by atoms with van der Waals surface area (Å²) >= 11 is 6.16. The Labute approximate surface area is 152 Å². The van der Waals surface area contributed by atoms with Crippen LogP contribution >= 0.6 is 11.6 Å². The Hall–Kier alpha value is -3.06. The molecule has 0 aliphatic carbocycles. The highest BCUT2D eigenvalue weighted by molar-refractivity contribution is 6.31. The summed E-state index contributed by atoms with van der Waals surface area (Å²) in [5.41, 5.74) is 2.39. The minimum Gasteiger partial charge on any atom is -0.293 e. The third kappa shape index (κ3) is 2.86. The van der Waals surface area contributed by atoms with Gasteiger partial charge in [0.05, 0.1) is 12.2 Å². The number of fused-ring (bicyclic) bond motifs is 1. The number of aryl methyl sites for hydroxylation is 1. The quantitative estimate of drug-likeness (QED) is 0.556. The van der Waals surface area contributed by atoms with Crippen LogP contribution in [-0.2, 0) is 6.54 Å². The van der Waals surface area contributed by atoms with Crippen LogP contribution in [0.15, 0.2) is 53.6 Å². The van der Waals surface area contributed by atoms with Crippen molar-refractivity contribution in [3.8, 4) is 5.69 Å². The van der Waals surface area contributed by atoms with Crippen LogP contribution in [0.2, 0.25) is 5.02 Å². The highest BCUT2D eigenvalue weighted by atomic mass is 35.5. The third-order valence-corrected chi connectivity index (χ3v) is 4.48. The highest BCUT2D eigenvalue weighted by Crippen LogP contribution is 2.20. The van der Waals surface area contributed by atoms with E-state index in [-0.39, 0.29) is 23.4 Å². The number of hydrogen-bond acceptors (Lipinski definition) is 4. The van der Waals surface area contributed by atoms with Crippen LogP contribution in [0, 0.1) is 12.7 Å². The average Bonchev–Trinajstić information content (AvgIpc) is 3.05. The Kier molecular flexibility index (Phi) is 4.00. The van der Waals surface area contributed by atoms with Gasteiger partial charge in [-0.3, -0.25) is 9.36 Å². The van der Waals surface area contributed by atoms with Gasteiger partial charge in [0.2, 0.25) is 0 Å². The lowest BCUT2D eigenvalue weighted by atomic mass is 10.2. The van der Waals surface area contributed by atoms with Crippen LogP contribution in [-0.4, -0.2) is 24.5 Å². The lowest BCUT2D eigenvalue weighted by Crippen LogP contribution is -2.21. The molecule has 4 rings (SSSR count). The molecule has 0 atom stereocenters. The van der Waals surface area contributed by atoms with Gasteiger partial charge in [-0.15, -0.1) is 5.10 Å². The van der Waals surface area contributed by atoms with E-state index in [4.69, 9.17) is 11.6 Å². The molecule has 2 aromatic heterocycles. The maximum Gasteiger partial charge on any atom is 0.283 e. The summed E-state index contributed by atoms with van der Waals surface area (Å²) in [6.45, 7) is 2.09. The van der Waals surface area contributed by atoms with E-state index in [0.717, 1.165) is 5.56 Å². The highest BCUT2D eigenvalue weighted by Gasteiger charge is 2.14. The average molecular weight is 370 g/mol. The summed E-state index contributed by atoms with van der Waals surface area (Å²) < 4.78 is 16.2. The van der Waals surface area contributed by atoms with Gasteiger partial charge in [0.1, 0.15) is 12.1 Å². The number of hydrogen-bond donors (Lipinski definition) is 0. The Bertz CT molecular complexity index is 1180. The molecule has 2 aromatic carbocycles. The van der Waals surface area contributed by atoms with E-state index in [2.05, 4.69) is 15.3 Å². The molecule has 0 amide bonds. The SMILES string of the molecule is Cc1ccc(-n2nnc3c(=O)n(Cc4cccc(F)c4)cnc32)cc1Cl. The fourth-order valence-electron chi connectivity index (χ4n) is 2.68. The van der Waals surface area contributed by atoms with Gasteiger partial charge >= 0.3 is 0 Å². The first kappa shape index (κ1) is 16.4. The van der Waals surface area contributed by atoms with Gasteiger partial charge in [0.15, 0.2) is 11.2 Å². The first-order chi connectivity index (χ1) is 12.5. The molecule has 0 aliphatic rings. The molecule has 0 N–H and O–H groups in total. The van der Waals surface area contributed by atoms with Crippen LogP contribution in [0.4, 0.5) is 4.39 Å². The lowest BCUT2D eigenvalue weighted by molar-refractivity contribution is 0.622. The molecule has 0 spiro atoms. The maximum absolute atomic E-state index is 13.3. The first-order valence-corrected chi connectivity index (χ1v) is 8.22. The summed E-state index contributed by atoms with van der Waals surface area (Å²) in [7, 11) is 0. The van der Waals surface area contributed by atoms with Gasteiger partial charge in [-0.05, 0) is 42.3 Å². The molecule has 4 aromatic rings. The number of halogens is 2. The van der Waals surface area contributed by atoms with E-state index >= 15 is 0 Å². The molecule has 0 saturated heterocycles. The molecule has 0 saturated carbocycles. The number of nitrogens with zero attached hydrogens (tertiary/aromatic N) is 5. The Balaban J connectivity index is 1.78. The summed E-state index contributed by atoms with van der Waals surface area (Å²) in [4.78, 5) is 17.0. The minimum absolute atomic E-state index is 0.139. The molecular formula is C18H13ClFN5O. The molecule has 130 valence electrons. The topological polar surface area (TPSA) is 65.6 Å². The Morgan fingerprint density at radius 3 is 2.81 bits per heavy atom. The summed E-state index contributed by atoms with van der Waals surface area (Å²) in [5, 5.41) is 8.59. The van der Waals surface area contributed by atoms with E-state index < -0.39 is 0 Å². The molecule has 0 fully saturated rings. The minimum atomic E-state index is -0.355. The fraction of sp³-hybridized carbons (Fsp3) is 0.111. The van der Waals surface area contributed by atoms with Crippen molar-refractivity contribution in [3.05, 3.63) is 81.1 Å². The molecule has 26 heavy (non-hydrogen) atoms. The Morgan fingerprint density at radius 2 is 2.04 bits per heavy atom. The predicted molar refractivity (Wildman–Crippen MR) is 96.2 cm³/mol. The van der Waals surface area contributed by atoms with E-state index in [1.165, 1.54) is 27.7 Å². The van der Waals surface area contributed by atoms with Crippen molar-refractivity contribution in [1.29, 1.82) is 0 Å². The normalized spacial score (nSPS) is 11.2. The molecule has 6 nitrogen and oxygen atoms in total. The maximum atomic E-state index is 13.3. The Morgan fingerprint density at radius 1 is 1.19 bits per heavy atom. The lowest BCUT2D eigenvalue weighted by Gasteiger charge is -2.06. The summed E-state index contributed by atoms with van der Waals surface area (Å²) in [6.07, 6.45) is 1.41. The van der Waals surface area contributed by atoms with E-state index in [0.29, 0.717) is 21.9 Å². The summed E-state index contributed by atoms with van der Waals surface area (Å²) in [6, 6.07) is 11.5. The van der Waals surface area contributed by atoms with Gasteiger partial charge in [-0.1, -0.05) is 35.0 Å². The van der Waals surface area contributed by atoms with Gasteiger partial charge in [-0.25, -0.2) is 9.37 Å². The zero-order valence-corrected chi connectivity index (χ0v) is 14.5. The number of aromatic nitrogens is 5. The van der Waals surface area contributed by atoms with Gasteiger partial charge in [0.25, 0.3) is 5.56 Å². The molecule has 0 aliphatic heterocycles. The number of rotatable bonds is 3. The van der Waals surface area contributed by atoms with Crippen molar-refractivity contribution in [2.24, 2.45) is 0 Å². The third-order valence-electron chi connectivity index (χ3n) is 4.07. The van der Waals surface area contributed by atoms with Crippen molar-refractivity contribution >= 4 is 22.8 Å². The first-order valence-electron chi connectivity index (χ1n) is 7.85. The smallest absolute Gasteiger partial charge is 0.283 e. The fourth-order valence-corrected chi connectivity index (χ4v) is 2.85. The zero-order chi connectivity index (χ0) is 18.3. The van der Waals surface area contributed by atoms with Gasteiger partial charge in [0, 0.05) is 5.02 Å². The van der Waals surface area contributed by atoms with Crippen LogP contribution in [0.25, 0.3) is 16.9 Å². The van der Waals surface area contributed by atoms with Gasteiger partial charge in [-0.2, -0.15) is 4.68 Å². The second-order valence-electron chi connectivity index (χ2n) is 5.91. The van der Waals surface area contributed by atoms with Crippen molar-refractivity contribution in [2.75, 3.05) is 0 Å². The largest absolute Gasteiger partial charge is 0.293 e. The van der Waals surface area contributed by atoms with Crippen LogP contribution in [0.5, 0.6) is 0 Å². The molecule has 0 bridgehead atoms.